The summed E-state index contributed by atoms with van der Waals surface area (Å²) in [5.74, 6) is 1.11. The summed E-state index contributed by atoms with van der Waals surface area (Å²) in [6.07, 6.45) is 0. The third kappa shape index (κ3) is 2.84. The lowest BCUT2D eigenvalue weighted by atomic mass is 10.1. The molecule has 0 radical (unpaired) electrons. The van der Waals surface area contributed by atoms with Crippen molar-refractivity contribution in [2.45, 2.75) is 13.8 Å². The summed E-state index contributed by atoms with van der Waals surface area (Å²) in [5, 5.41) is 12.0. The highest BCUT2D eigenvalue weighted by atomic mass is 16.5. The summed E-state index contributed by atoms with van der Waals surface area (Å²) in [4.78, 5) is 13.5. The Kier molecular flexibility index (Phi) is 4.45. The molecule has 0 saturated heterocycles. The zero-order valence-corrected chi connectivity index (χ0v) is 11.6. The molecular formula is C14H18N2O4. The lowest BCUT2D eigenvalue weighted by Crippen LogP contribution is -2.34. The van der Waals surface area contributed by atoms with Crippen LogP contribution in [0, 0.1) is 0 Å². The average Bonchev–Trinajstić information content (AvgIpc) is 2.88. The van der Waals surface area contributed by atoms with E-state index in [1.807, 2.05) is 13.8 Å². The summed E-state index contributed by atoms with van der Waals surface area (Å²) < 4.78 is 10.8. The Hall–Kier alpha value is -2.24. The van der Waals surface area contributed by atoms with Crippen molar-refractivity contribution in [2.75, 3.05) is 26.3 Å². The van der Waals surface area contributed by atoms with Gasteiger partial charge in [-0.2, -0.15) is 0 Å². The average molecular weight is 278 g/mol. The van der Waals surface area contributed by atoms with Gasteiger partial charge in [0.25, 0.3) is 5.91 Å². The molecule has 0 spiro atoms. The summed E-state index contributed by atoms with van der Waals surface area (Å²) in [7, 11) is 0. The van der Waals surface area contributed by atoms with Crippen LogP contribution in [0.25, 0.3) is 0 Å². The number of carbonyl (C=O) groups is 1. The van der Waals surface area contributed by atoms with Gasteiger partial charge in [0.05, 0.1) is 0 Å². The van der Waals surface area contributed by atoms with Crippen molar-refractivity contribution in [1.82, 2.24) is 4.90 Å². The first-order valence-corrected chi connectivity index (χ1v) is 6.58. The van der Waals surface area contributed by atoms with E-state index >= 15 is 0 Å². The van der Waals surface area contributed by atoms with Crippen LogP contribution in [0.1, 0.15) is 19.4 Å². The molecule has 1 aromatic carbocycles. The largest absolute Gasteiger partial charge is 0.486 e. The molecule has 0 unspecified atom stereocenters. The van der Waals surface area contributed by atoms with E-state index in [0.29, 0.717) is 30.3 Å². The highest BCUT2D eigenvalue weighted by Crippen LogP contribution is 2.29. The molecule has 6 nitrogen and oxygen atoms in total. The van der Waals surface area contributed by atoms with Gasteiger partial charge in [0.1, 0.15) is 23.8 Å². The van der Waals surface area contributed by atoms with Gasteiger partial charge in [0.15, 0.2) is 6.61 Å². The highest BCUT2D eigenvalue weighted by molar-refractivity contribution is 6.06. The monoisotopic (exact) mass is 278 g/mol. The Bertz CT molecular complexity index is 524. The SMILES string of the molecule is CCN(CC)C(=O)COc1ccc2c(c1)OCC2=NO. The fraction of sp³-hybridized carbons (Fsp3) is 0.429. The van der Waals surface area contributed by atoms with Gasteiger partial charge in [0, 0.05) is 24.7 Å². The topological polar surface area (TPSA) is 71.4 Å². The van der Waals surface area contributed by atoms with Gasteiger partial charge in [-0.05, 0) is 26.0 Å². The number of oxime groups is 1. The van der Waals surface area contributed by atoms with Gasteiger partial charge >= 0.3 is 0 Å². The number of hydrogen-bond acceptors (Lipinski definition) is 5. The van der Waals surface area contributed by atoms with Crippen LogP contribution in [0.3, 0.4) is 0 Å². The maximum Gasteiger partial charge on any atom is 0.260 e. The van der Waals surface area contributed by atoms with Gasteiger partial charge in [-0.15, -0.1) is 0 Å². The Labute approximate surface area is 117 Å². The lowest BCUT2D eigenvalue weighted by Gasteiger charge is -2.18. The molecule has 1 amide bonds. The third-order valence-corrected chi connectivity index (χ3v) is 3.23. The molecule has 1 aliphatic rings. The molecule has 0 atom stereocenters. The van der Waals surface area contributed by atoms with E-state index in [4.69, 9.17) is 14.7 Å². The molecule has 108 valence electrons. The van der Waals surface area contributed by atoms with E-state index in [0.717, 1.165) is 5.56 Å². The predicted octanol–water partition coefficient (Wildman–Crippen LogP) is 1.50. The van der Waals surface area contributed by atoms with Crippen molar-refractivity contribution in [3.05, 3.63) is 23.8 Å². The van der Waals surface area contributed by atoms with Crippen LogP contribution in [0.2, 0.25) is 0 Å². The molecule has 1 aromatic rings. The third-order valence-electron chi connectivity index (χ3n) is 3.23. The van der Waals surface area contributed by atoms with Crippen LogP contribution in [0.4, 0.5) is 0 Å². The fourth-order valence-corrected chi connectivity index (χ4v) is 2.07. The van der Waals surface area contributed by atoms with Gasteiger partial charge in [0.2, 0.25) is 0 Å². The number of carbonyl (C=O) groups excluding carboxylic acids is 1. The molecule has 1 heterocycles. The quantitative estimate of drug-likeness (QED) is 0.654. The van der Waals surface area contributed by atoms with Gasteiger partial charge in [-0.3, -0.25) is 4.79 Å². The summed E-state index contributed by atoms with van der Waals surface area (Å²) in [5.41, 5.74) is 1.24. The standard InChI is InChI=1S/C14H18N2O4/c1-3-16(4-2)14(17)9-19-10-5-6-11-12(15-18)8-20-13(11)7-10/h5-7,18H,3-4,8-9H2,1-2H3. The Balaban J connectivity index is 2.00. The van der Waals surface area contributed by atoms with Crippen molar-refractivity contribution >= 4 is 11.6 Å². The first-order chi connectivity index (χ1) is 9.69. The van der Waals surface area contributed by atoms with E-state index in [9.17, 15) is 4.79 Å². The molecule has 0 aliphatic carbocycles. The zero-order chi connectivity index (χ0) is 14.5. The van der Waals surface area contributed by atoms with Crippen molar-refractivity contribution in [1.29, 1.82) is 0 Å². The molecule has 0 bridgehead atoms. The second-order valence-electron chi connectivity index (χ2n) is 4.35. The number of ether oxygens (including phenoxy) is 2. The maximum atomic E-state index is 11.8. The predicted molar refractivity (Wildman–Crippen MR) is 73.7 cm³/mol. The summed E-state index contributed by atoms with van der Waals surface area (Å²) in [6, 6.07) is 5.19. The number of fused-ring (bicyclic) bond motifs is 1. The number of hydrogen-bond donors (Lipinski definition) is 1. The number of amides is 1. The van der Waals surface area contributed by atoms with Crippen LogP contribution in [-0.4, -0.2) is 48.0 Å². The van der Waals surface area contributed by atoms with Gasteiger partial charge in [-0.1, -0.05) is 5.16 Å². The molecular weight excluding hydrogens is 260 g/mol. The number of rotatable bonds is 5. The van der Waals surface area contributed by atoms with Crippen molar-refractivity contribution in [2.24, 2.45) is 5.16 Å². The second kappa shape index (κ2) is 6.27. The molecule has 1 aliphatic heterocycles. The molecule has 0 aromatic heterocycles. The zero-order valence-electron chi connectivity index (χ0n) is 11.6. The number of benzene rings is 1. The Morgan fingerprint density at radius 1 is 1.45 bits per heavy atom. The minimum atomic E-state index is -0.0472. The van der Waals surface area contributed by atoms with Gasteiger partial charge < -0.3 is 19.6 Å². The Morgan fingerprint density at radius 3 is 2.85 bits per heavy atom. The van der Waals surface area contributed by atoms with E-state index < -0.39 is 0 Å². The van der Waals surface area contributed by atoms with E-state index in [-0.39, 0.29) is 19.1 Å². The van der Waals surface area contributed by atoms with Crippen LogP contribution < -0.4 is 9.47 Å². The molecule has 0 fully saturated rings. The molecule has 1 N–H and O–H groups in total. The Morgan fingerprint density at radius 2 is 2.20 bits per heavy atom. The fourth-order valence-electron chi connectivity index (χ4n) is 2.07. The molecule has 0 saturated carbocycles. The first kappa shape index (κ1) is 14.2. The summed E-state index contributed by atoms with van der Waals surface area (Å²) >= 11 is 0. The minimum absolute atomic E-state index is 0.00140. The van der Waals surface area contributed by atoms with E-state index in [1.54, 1.807) is 23.1 Å². The first-order valence-electron chi connectivity index (χ1n) is 6.58. The van der Waals surface area contributed by atoms with Crippen molar-refractivity contribution in [3.63, 3.8) is 0 Å². The molecule has 20 heavy (non-hydrogen) atoms. The lowest BCUT2D eigenvalue weighted by molar-refractivity contribution is -0.132. The summed E-state index contributed by atoms with van der Waals surface area (Å²) in [6.45, 7) is 5.44. The normalized spacial score (nSPS) is 14.8. The van der Waals surface area contributed by atoms with E-state index in [1.165, 1.54) is 0 Å². The smallest absolute Gasteiger partial charge is 0.260 e. The second-order valence-corrected chi connectivity index (χ2v) is 4.35. The van der Waals surface area contributed by atoms with Crippen molar-refractivity contribution in [3.8, 4) is 11.5 Å². The van der Waals surface area contributed by atoms with Crippen LogP contribution in [0.15, 0.2) is 23.4 Å². The maximum absolute atomic E-state index is 11.8. The van der Waals surface area contributed by atoms with Crippen LogP contribution in [0.5, 0.6) is 11.5 Å². The van der Waals surface area contributed by atoms with Crippen molar-refractivity contribution < 1.29 is 19.5 Å². The van der Waals surface area contributed by atoms with Crippen LogP contribution in [-0.2, 0) is 4.79 Å². The minimum Gasteiger partial charge on any atom is -0.486 e. The molecule has 6 heteroatoms. The number of nitrogens with zero attached hydrogens (tertiary/aromatic N) is 2. The highest BCUT2D eigenvalue weighted by Gasteiger charge is 2.20. The van der Waals surface area contributed by atoms with Crippen LogP contribution >= 0.6 is 0 Å². The number of likely N-dealkylation sites (N-methyl/N-ethyl adjacent to an activating group) is 1. The van der Waals surface area contributed by atoms with Gasteiger partial charge in [-0.25, -0.2) is 0 Å². The van der Waals surface area contributed by atoms with E-state index in [2.05, 4.69) is 5.16 Å². The molecule has 2 rings (SSSR count).